The molecule has 4 rings (SSSR count). The van der Waals surface area contributed by atoms with Crippen molar-refractivity contribution in [2.75, 3.05) is 25.0 Å². The highest BCUT2D eigenvalue weighted by atomic mass is 35.5. The maximum atomic E-state index is 12.7. The van der Waals surface area contributed by atoms with E-state index in [1.165, 1.54) is 43.4 Å². The Kier molecular flexibility index (Phi) is 7.46. The lowest BCUT2D eigenvalue weighted by Gasteiger charge is -2.33. The lowest BCUT2D eigenvalue weighted by Crippen LogP contribution is -2.37. The largest absolute Gasteiger partial charge is 0.365 e. The number of benzene rings is 1. The van der Waals surface area contributed by atoms with Crippen LogP contribution in [0.1, 0.15) is 66.9 Å². The second-order valence-electron chi connectivity index (χ2n) is 8.84. The number of rotatable bonds is 6. The molecule has 2 aliphatic heterocycles. The second-order valence-corrected chi connectivity index (χ2v) is 9.25. The van der Waals surface area contributed by atoms with Crippen LogP contribution in [0.4, 0.5) is 5.82 Å². The first-order valence-corrected chi connectivity index (χ1v) is 12.0. The van der Waals surface area contributed by atoms with E-state index >= 15 is 0 Å². The monoisotopic (exact) mass is 440 g/mol. The van der Waals surface area contributed by atoms with Crippen LogP contribution in [-0.2, 0) is 13.1 Å². The molecule has 0 spiro atoms. The van der Waals surface area contributed by atoms with Crippen molar-refractivity contribution in [3.8, 4) is 0 Å². The van der Waals surface area contributed by atoms with Gasteiger partial charge in [-0.15, -0.1) is 0 Å². The van der Waals surface area contributed by atoms with Crippen LogP contribution < -0.4 is 5.32 Å². The molecular formula is C25H33ClN4O. The molecule has 2 aliphatic rings. The molecule has 1 atom stereocenters. The van der Waals surface area contributed by atoms with E-state index in [0.29, 0.717) is 29.0 Å². The highest BCUT2D eigenvalue weighted by Gasteiger charge is 2.21. The molecule has 0 aliphatic carbocycles. The molecule has 2 aromatic rings. The van der Waals surface area contributed by atoms with Gasteiger partial charge in [0.2, 0.25) is 0 Å². The van der Waals surface area contributed by atoms with E-state index < -0.39 is 0 Å². The molecule has 1 amide bonds. The molecule has 5 nitrogen and oxygen atoms in total. The van der Waals surface area contributed by atoms with Crippen LogP contribution in [0.5, 0.6) is 0 Å². The summed E-state index contributed by atoms with van der Waals surface area (Å²) < 4.78 is 0. The maximum Gasteiger partial charge on any atom is 0.255 e. The van der Waals surface area contributed by atoms with Crippen molar-refractivity contribution in [2.45, 2.75) is 64.6 Å². The second kappa shape index (κ2) is 10.5. The Labute approximate surface area is 190 Å². The molecule has 0 bridgehead atoms. The first-order chi connectivity index (χ1) is 15.1. The summed E-state index contributed by atoms with van der Waals surface area (Å²) in [4.78, 5) is 21.7. The van der Waals surface area contributed by atoms with Gasteiger partial charge in [0.1, 0.15) is 5.82 Å². The first-order valence-electron chi connectivity index (χ1n) is 11.6. The normalized spacial score (nSPS) is 19.9. The third-order valence-corrected chi connectivity index (χ3v) is 6.90. The Balaban J connectivity index is 1.40. The summed E-state index contributed by atoms with van der Waals surface area (Å²) in [5.41, 5.74) is 3.17. The van der Waals surface area contributed by atoms with Crippen LogP contribution in [0.3, 0.4) is 0 Å². The highest BCUT2D eigenvalue weighted by Crippen LogP contribution is 2.24. The standard InChI is InChI=1S/C25H33ClN4O/c1-19-9-5-8-14-30(19)18-21-11-4-3-10-20(21)16-27-24-23(26)15-22(17-28-24)25(31)29-12-6-2-7-13-29/h3-4,10-11,15,17,19H,2,5-9,12-14,16,18H2,1H3,(H,27,28). The average Bonchev–Trinajstić information content (AvgIpc) is 2.80. The van der Waals surface area contributed by atoms with Crippen molar-refractivity contribution in [3.05, 3.63) is 58.2 Å². The summed E-state index contributed by atoms with van der Waals surface area (Å²) in [7, 11) is 0. The van der Waals surface area contributed by atoms with Gasteiger partial charge in [-0.25, -0.2) is 4.98 Å². The Morgan fingerprint density at radius 1 is 1.10 bits per heavy atom. The number of anilines is 1. The third-order valence-electron chi connectivity index (χ3n) is 6.61. The zero-order valence-electron chi connectivity index (χ0n) is 18.4. The fourth-order valence-electron chi connectivity index (χ4n) is 4.64. The number of aromatic nitrogens is 1. The zero-order chi connectivity index (χ0) is 21.6. The fourth-order valence-corrected chi connectivity index (χ4v) is 4.87. The number of amides is 1. The van der Waals surface area contributed by atoms with E-state index in [2.05, 4.69) is 46.4 Å². The lowest BCUT2D eigenvalue weighted by atomic mass is 10.0. The number of likely N-dealkylation sites (tertiary alicyclic amines) is 2. The number of hydrogen-bond donors (Lipinski definition) is 1. The number of pyridine rings is 1. The number of nitrogens with zero attached hydrogens (tertiary/aromatic N) is 3. The molecular weight excluding hydrogens is 408 g/mol. The number of nitrogens with one attached hydrogen (secondary N) is 1. The van der Waals surface area contributed by atoms with Gasteiger partial charge >= 0.3 is 0 Å². The maximum absolute atomic E-state index is 12.7. The summed E-state index contributed by atoms with van der Waals surface area (Å²) in [5.74, 6) is 0.652. The molecule has 2 fully saturated rings. The summed E-state index contributed by atoms with van der Waals surface area (Å²) in [6.45, 7) is 6.78. The van der Waals surface area contributed by atoms with E-state index in [1.54, 1.807) is 12.3 Å². The van der Waals surface area contributed by atoms with E-state index in [9.17, 15) is 4.79 Å². The molecule has 3 heterocycles. The van der Waals surface area contributed by atoms with Crippen molar-refractivity contribution >= 4 is 23.3 Å². The van der Waals surface area contributed by atoms with Crippen molar-refractivity contribution in [1.29, 1.82) is 0 Å². The smallest absolute Gasteiger partial charge is 0.255 e. The number of carbonyl (C=O) groups excluding carboxylic acids is 1. The lowest BCUT2D eigenvalue weighted by molar-refractivity contribution is 0.0724. The third kappa shape index (κ3) is 5.58. The Morgan fingerprint density at radius 3 is 2.58 bits per heavy atom. The van der Waals surface area contributed by atoms with E-state index in [0.717, 1.165) is 32.5 Å². The van der Waals surface area contributed by atoms with Crippen LogP contribution in [0.25, 0.3) is 0 Å². The first kappa shape index (κ1) is 22.1. The van der Waals surface area contributed by atoms with Crippen LogP contribution in [-0.4, -0.2) is 46.4 Å². The van der Waals surface area contributed by atoms with E-state index in [1.807, 2.05) is 4.90 Å². The van der Waals surface area contributed by atoms with Crippen molar-refractivity contribution in [3.63, 3.8) is 0 Å². The minimum atomic E-state index is 0.0293. The molecule has 2 saturated heterocycles. The van der Waals surface area contributed by atoms with Gasteiger partial charge in [0.25, 0.3) is 5.91 Å². The number of piperidine rings is 2. The summed E-state index contributed by atoms with van der Waals surface area (Å²) in [6.07, 6.45) is 8.89. The van der Waals surface area contributed by atoms with Gasteiger partial charge in [0.15, 0.2) is 0 Å². The molecule has 0 saturated carbocycles. The molecule has 6 heteroatoms. The highest BCUT2D eigenvalue weighted by molar-refractivity contribution is 6.33. The van der Waals surface area contributed by atoms with Crippen molar-refractivity contribution < 1.29 is 4.79 Å². The van der Waals surface area contributed by atoms with Crippen LogP contribution in [0.2, 0.25) is 5.02 Å². The quantitative estimate of drug-likeness (QED) is 0.657. The minimum absolute atomic E-state index is 0.0293. The predicted molar refractivity (Wildman–Crippen MR) is 126 cm³/mol. The van der Waals surface area contributed by atoms with Crippen LogP contribution in [0.15, 0.2) is 36.5 Å². The van der Waals surface area contributed by atoms with Gasteiger partial charge in [0, 0.05) is 38.4 Å². The molecule has 31 heavy (non-hydrogen) atoms. The summed E-state index contributed by atoms with van der Waals surface area (Å²) in [6, 6.07) is 11.0. The number of halogens is 1. The zero-order valence-corrected chi connectivity index (χ0v) is 19.2. The SMILES string of the molecule is CC1CCCCN1Cc1ccccc1CNc1ncc(C(=O)N2CCCCC2)cc1Cl. The Morgan fingerprint density at radius 2 is 1.84 bits per heavy atom. The molecule has 1 aromatic carbocycles. The summed E-state index contributed by atoms with van der Waals surface area (Å²) >= 11 is 6.49. The van der Waals surface area contributed by atoms with E-state index in [4.69, 9.17) is 11.6 Å². The van der Waals surface area contributed by atoms with Crippen LogP contribution >= 0.6 is 11.6 Å². The van der Waals surface area contributed by atoms with Gasteiger partial charge < -0.3 is 10.2 Å². The topological polar surface area (TPSA) is 48.5 Å². The summed E-state index contributed by atoms with van der Waals surface area (Å²) in [5, 5.41) is 3.87. The molecule has 0 radical (unpaired) electrons. The molecule has 166 valence electrons. The van der Waals surface area contributed by atoms with Crippen molar-refractivity contribution in [1.82, 2.24) is 14.8 Å². The number of carbonyl (C=O) groups is 1. The molecule has 1 unspecified atom stereocenters. The Hall–Kier alpha value is -2.11. The fraction of sp³-hybridized carbons (Fsp3) is 0.520. The predicted octanol–water partition coefficient (Wildman–Crippen LogP) is 5.35. The van der Waals surface area contributed by atoms with Gasteiger partial charge in [0.05, 0.1) is 10.6 Å². The molecule has 1 N–H and O–H groups in total. The number of hydrogen-bond acceptors (Lipinski definition) is 4. The van der Waals surface area contributed by atoms with E-state index in [-0.39, 0.29) is 5.91 Å². The van der Waals surface area contributed by atoms with Gasteiger partial charge in [-0.3, -0.25) is 9.69 Å². The van der Waals surface area contributed by atoms with Gasteiger partial charge in [-0.1, -0.05) is 42.3 Å². The van der Waals surface area contributed by atoms with Gasteiger partial charge in [-0.2, -0.15) is 0 Å². The van der Waals surface area contributed by atoms with Crippen molar-refractivity contribution in [2.24, 2.45) is 0 Å². The Bertz CT molecular complexity index is 897. The average molecular weight is 441 g/mol. The van der Waals surface area contributed by atoms with Crippen LogP contribution in [0, 0.1) is 0 Å². The molecule has 1 aromatic heterocycles. The van der Waals surface area contributed by atoms with Gasteiger partial charge in [-0.05, 0) is 62.8 Å². The minimum Gasteiger partial charge on any atom is -0.365 e.